The predicted molar refractivity (Wildman–Crippen MR) is 289 cm³/mol. The van der Waals surface area contributed by atoms with Gasteiger partial charge in [-0.15, -0.1) is 0 Å². The van der Waals surface area contributed by atoms with Crippen LogP contribution in [0.15, 0.2) is 72.8 Å². The van der Waals surface area contributed by atoms with E-state index in [0.717, 1.165) is 76.3 Å². The van der Waals surface area contributed by atoms with Crippen LogP contribution in [-0.2, 0) is 38.1 Å². The van der Waals surface area contributed by atoms with Crippen LogP contribution in [0.2, 0.25) is 0 Å². The van der Waals surface area contributed by atoms with Crippen LogP contribution in [-0.4, -0.2) is 173 Å². The normalized spacial score (nSPS) is 11.8. The molecule has 0 saturated heterocycles. The molecule has 0 radical (unpaired) electrons. The molecular weight excluding hydrogens is 931 g/mol. The summed E-state index contributed by atoms with van der Waals surface area (Å²) in [5, 5.41) is 7.79. The first-order valence-corrected chi connectivity index (χ1v) is 27.0. The number of hydrogen-bond donors (Lipinski definition) is 1. The SMILES string of the molecule is CC.CC.CC.COCC(=O)O.COCC(=O)OC.COCC(=O)OC.CSCCN1CCOc2ccccc21.CSCCN1CCOc2ccccc21.CSCCN1CCOc2ccccc21. The maximum absolute atomic E-state index is 10.1. The molecule has 15 nitrogen and oxygen atoms in total. The summed E-state index contributed by atoms with van der Waals surface area (Å²) >= 11 is 5.66. The lowest BCUT2D eigenvalue weighted by atomic mass is 10.2. The topological polar surface area (TPSA) is 155 Å². The number of carboxylic acids is 1. The van der Waals surface area contributed by atoms with Crippen molar-refractivity contribution in [1.29, 1.82) is 0 Å². The zero-order chi connectivity index (χ0) is 51.8. The molecular formula is C50H85N3O12S3. The van der Waals surface area contributed by atoms with E-state index in [2.05, 4.69) is 93.5 Å². The van der Waals surface area contributed by atoms with E-state index in [4.69, 9.17) is 19.3 Å². The van der Waals surface area contributed by atoms with Gasteiger partial charge in [-0.3, -0.25) is 0 Å². The van der Waals surface area contributed by atoms with Crippen LogP contribution in [0.5, 0.6) is 17.2 Å². The number of aliphatic carboxylic acids is 1. The fraction of sp³-hybridized carbons (Fsp3) is 0.580. The molecule has 0 aliphatic carbocycles. The summed E-state index contributed by atoms with van der Waals surface area (Å²) < 4.78 is 38.3. The molecule has 3 aliphatic rings. The minimum atomic E-state index is -0.933. The first-order chi connectivity index (χ1) is 33.1. The first-order valence-electron chi connectivity index (χ1n) is 22.8. The third-order valence-electron chi connectivity index (χ3n) is 8.42. The van der Waals surface area contributed by atoms with E-state index in [0.29, 0.717) is 0 Å². The van der Waals surface area contributed by atoms with Gasteiger partial charge in [0.2, 0.25) is 0 Å². The molecule has 3 aromatic rings. The van der Waals surface area contributed by atoms with E-state index in [1.807, 2.05) is 113 Å². The van der Waals surface area contributed by atoms with E-state index < -0.39 is 5.97 Å². The average molecular weight is 1020 g/mol. The van der Waals surface area contributed by atoms with Gasteiger partial charge in [-0.05, 0) is 55.2 Å². The fourth-order valence-corrected chi connectivity index (χ4v) is 6.67. The molecule has 68 heavy (non-hydrogen) atoms. The van der Waals surface area contributed by atoms with Crippen LogP contribution < -0.4 is 28.9 Å². The Bertz CT molecular complexity index is 1480. The molecule has 3 heterocycles. The zero-order valence-corrected chi connectivity index (χ0v) is 46.0. The van der Waals surface area contributed by atoms with Crippen molar-refractivity contribution in [3.8, 4) is 17.2 Å². The van der Waals surface area contributed by atoms with Crippen LogP contribution >= 0.6 is 35.3 Å². The summed E-state index contributed by atoms with van der Waals surface area (Å²) in [4.78, 5) is 36.8. The highest BCUT2D eigenvalue weighted by Gasteiger charge is 2.18. The molecule has 0 spiro atoms. The van der Waals surface area contributed by atoms with Crippen molar-refractivity contribution in [3.63, 3.8) is 0 Å². The number of fused-ring (bicyclic) bond motifs is 3. The summed E-state index contributed by atoms with van der Waals surface area (Å²) in [7, 11) is 6.87. The van der Waals surface area contributed by atoms with Crippen molar-refractivity contribution in [2.45, 2.75) is 41.5 Å². The van der Waals surface area contributed by atoms with Crippen molar-refractivity contribution >= 4 is 70.3 Å². The summed E-state index contributed by atoms with van der Waals surface area (Å²) in [5.41, 5.74) is 3.73. The number of para-hydroxylation sites is 6. The van der Waals surface area contributed by atoms with Crippen molar-refractivity contribution in [2.24, 2.45) is 0 Å². The molecule has 3 aliphatic heterocycles. The molecule has 0 atom stereocenters. The quantitative estimate of drug-likeness (QED) is 0.144. The third-order valence-corrected chi connectivity index (χ3v) is 10.2. The number of anilines is 3. The van der Waals surface area contributed by atoms with Gasteiger partial charge in [-0.1, -0.05) is 77.9 Å². The number of ether oxygens (including phenoxy) is 8. The molecule has 18 heteroatoms. The van der Waals surface area contributed by atoms with Crippen molar-refractivity contribution in [1.82, 2.24) is 0 Å². The monoisotopic (exact) mass is 1020 g/mol. The highest BCUT2D eigenvalue weighted by Crippen LogP contribution is 2.32. The lowest BCUT2D eigenvalue weighted by Crippen LogP contribution is -2.34. The second-order valence-corrected chi connectivity index (χ2v) is 15.7. The van der Waals surface area contributed by atoms with Gasteiger partial charge >= 0.3 is 17.9 Å². The Labute approximate surface area is 422 Å². The third kappa shape index (κ3) is 32.5. The van der Waals surface area contributed by atoms with E-state index >= 15 is 0 Å². The highest BCUT2D eigenvalue weighted by molar-refractivity contribution is 7.99. The number of rotatable bonds is 15. The van der Waals surface area contributed by atoms with Crippen LogP contribution in [0.1, 0.15) is 41.5 Å². The standard InChI is InChI=1S/3C11H15NOS.2C4H8O3.C3H6O3.3C2H6/c3*1-14-9-7-12-6-8-13-11-5-3-2-4-10(11)12;2*1-6-3-4(5)7-2;1-6-2-3(4)5;3*1-2/h3*2-5H,6-9H2,1H3;2*3H2,1-2H3;2H2,1H3,(H,4,5);3*1-2H3. The molecule has 0 bridgehead atoms. The Morgan fingerprint density at radius 1 is 0.485 bits per heavy atom. The van der Waals surface area contributed by atoms with Crippen LogP contribution in [0, 0.1) is 0 Å². The first kappa shape index (κ1) is 68.1. The zero-order valence-electron chi connectivity index (χ0n) is 43.5. The number of benzene rings is 3. The number of esters is 2. The van der Waals surface area contributed by atoms with Gasteiger partial charge in [0, 0.05) is 58.2 Å². The van der Waals surface area contributed by atoms with Gasteiger partial charge in [0.05, 0.1) is 50.9 Å². The van der Waals surface area contributed by atoms with E-state index in [-0.39, 0.29) is 31.8 Å². The van der Waals surface area contributed by atoms with Crippen LogP contribution in [0.3, 0.4) is 0 Å². The molecule has 390 valence electrons. The van der Waals surface area contributed by atoms with Gasteiger partial charge in [0.1, 0.15) is 56.9 Å². The number of hydrogen-bond acceptors (Lipinski definition) is 17. The second-order valence-electron chi connectivity index (χ2n) is 12.7. The average Bonchev–Trinajstić information content (AvgIpc) is 3.39. The molecule has 0 saturated carbocycles. The number of thioether (sulfide) groups is 3. The number of carbonyl (C=O) groups is 3. The van der Waals surface area contributed by atoms with Gasteiger partial charge in [0.15, 0.2) is 0 Å². The second kappa shape index (κ2) is 49.2. The number of methoxy groups -OCH3 is 5. The van der Waals surface area contributed by atoms with Gasteiger partial charge in [0.25, 0.3) is 0 Å². The Hall–Kier alpha value is -4.20. The van der Waals surface area contributed by atoms with Crippen molar-refractivity contribution < 1.29 is 57.4 Å². The number of carboxylic acid groups (broad SMARTS) is 1. The van der Waals surface area contributed by atoms with E-state index in [1.54, 1.807) is 0 Å². The maximum atomic E-state index is 10.1. The molecule has 6 rings (SSSR count). The summed E-state index contributed by atoms with van der Waals surface area (Å²) in [6, 6.07) is 24.8. The largest absolute Gasteiger partial charge is 0.490 e. The Morgan fingerprint density at radius 3 is 0.941 bits per heavy atom. The lowest BCUT2D eigenvalue weighted by Gasteiger charge is -2.30. The van der Waals surface area contributed by atoms with Crippen LogP contribution in [0.4, 0.5) is 17.1 Å². The van der Waals surface area contributed by atoms with E-state index in [1.165, 1.54) is 69.9 Å². The maximum Gasteiger partial charge on any atom is 0.331 e. The Balaban J connectivity index is -0.000000752. The molecule has 0 fully saturated rings. The molecule has 0 aromatic heterocycles. The summed E-state index contributed by atoms with van der Waals surface area (Å²) in [6.45, 7) is 20.7. The van der Waals surface area contributed by atoms with Crippen molar-refractivity contribution in [3.05, 3.63) is 72.8 Å². The molecule has 0 unspecified atom stereocenters. The Morgan fingerprint density at radius 2 is 0.750 bits per heavy atom. The smallest absolute Gasteiger partial charge is 0.331 e. The fourth-order valence-electron chi connectivity index (χ4n) is 5.46. The minimum absolute atomic E-state index is 0.0382. The lowest BCUT2D eigenvalue weighted by molar-refractivity contribution is -0.145. The molecule has 1 N–H and O–H groups in total. The Kier molecular flexibility index (Phi) is 49.3. The molecule has 0 amide bonds. The summed E-state index contributed by atoms with van der Waals surface area (Å²) in [5.74, 6) is 4.99. The number of carbonyl (C=O) groups excluding carboxylic acids is 2. The number of nitrogens with zero attached hydrogens (tertiary/aromatic N) is 3. The highest BCUT2D eigenvalue weighted by atomic mass is 32.2. The van der Waals surface area contributed by atoms with Gasteiger partial charge < -0.3 is 57.7 Å². The van der Waals surface area contributed by atoms with Crippen LogP contribution in [0.25, 0.3) is 0 Å². The predicted octanol–water partition coefficient (Wildman–Crippen LogP) is 9.15. The van der Waals surface area contributed by atoms with Gasteiger partial charge in [-0.2, -0.15) is 35.3 Å². The minimum Gasteiger partial charge on any atom is -0.490 e. The van der Waals surface area contributed by atoms with Gasteiger partial charge in [-0.25, -0.2) is 14.4 Å². The van der Waals surface area contributed by atoms with E-state index in [9.17, 15) is 14.4 Å². The summed E-state index contributed by atoms with van der Waals surface area (Å²) in [6.07, 6.45) is 6.44. The van der Waals surface area contributed by atoms with Crippen molar-refractivity contribution in [2.75, 3.05) is 165 Å². The molecule has 3 aromatic carbocycles.